The number of nitrogens with one attached hydrogen (secondary N) is 1. The molecule has 3 aromatic rings. The lowest BCUT2D eigenvalue weighted by atomic mass is 9.70. The molecule has 3 atom stereocenters. The van der Waals surface area contributed by atoms with E-state index in [1.165, 1.54) is 20.2 Å². The van der Waals surface area contributed by atoms with Crippen LogP contribution < -0.4 is 10.1 Å². The molecule has 2 N–H and O–H groups in total. The first-order valence-corrected chi connectivity index (χ1v) is 10.3. The first-order chi connectivity index (χ1) is 15.4. The fraction of sp³-hybridized carbons (Fsp3) is 0.364. The number of aromatic nitrogens is 2. The monoisotopic (exact) mass is 487 g/mol. The van der Waals surface area contributed by atoms with Crippen molar-refractivity contribution in [2.45, 2.75) is 44.0 Å². The Kier molecular flexibility index (Phi) is 5.65. The van der Waals surface area contributed by atoms with Gasteiger partial charge in [-0.1, -0.05) is 18.5 Å². The van der Waals surface area contributed by atoms with Crippen LogP contribution in [0.25, 0.3) is 10.9 Å². The Labute approximate surface area is 190 Å². The standard InChI is InChI=1S/C22H19ClF5N3O2/c1-9-7-21(32,22(26,27)28)20(12-6-14(23)18(25)19(33-3)17(9)12)31-16-5-11(24)4-15-13(16)8-29-10(2)30-15/h4-6,8-9,20,31-32H,7H2,1-3H3. The minimum atomic E-state index is -5.08. The fourth-order valence-corrected chi connectivity index (χ4v) is 4.67. The lowest BCUT2D eigenvalue weighted by Gasteiger charge is -2.45. The van der Waals surface area contributed by atoms with Crippen LogP contribution >= 0.6 is 11.6 Å². The topological polar surface area (TPSA) is 67.3 Å². The highest BCUT2D eigenvalue weighted by Crippen LogP contribution is 2.55. The molecule has 176 valence electrons. The first kappa shape index (κ1) is 23.4. The van der Waals surface area contributed by atoms with Gasteiger partial charge in [0.2, 0.25) is 0 Å². The normalized spacial score (nSPS) is 22.8. The van der Waals surface area contributed by atoms with Crippen LogP contribution in [0.1, 0.15) is 42.3 Å². The van der Waals surface area contributed by atoms with Crippen molar-refractivity contribution >= 4 is 28.2 Å². The van der Waals surface area contributed by atoms with E-state index in [1.54, 1.807) is 6.92 Å². The van der Waals surface area contributed by atoms with Crippen molar-refractivity contribution in [2.24, 2.45) is 0 Å². The summed E-state index contributed by atoms with van der Waals surface area (Å²) >= 11 is 5.96. The Morgan fingerprint density at radius 3 is 2.58 bits per heavy atom. The van der Waals surface area contributed by atoms with Crippen LogP contribution in [0.4, 0.5) is 27.6 Å². The van der Waals surface area contributed by atoms with Crippen LogP contribution in [-0.2, 0) is 0 Å². The second-order valence-corrected chi connectivity index (χ2v) is 8.52. The molecule has 2 aromatic carbocycles. The number of rotatable bonds is 3. The van der Waals surface area contributed by atoms with Crippen molar-refractivity contribution in [3.63, 3.8) is 0 Å². The summed E-state index contributed by atoms with van der Waals surface area (Å²) in [6, 6.07) is 1.28. The molecule has 5 nitrogen and oxygen atoms in total. The summed E-state index contributed by atoms with van der Waals surface area (Å²) in [5.74, 6) is -2.56. The lowest BCUT2D eigenvalue weighted by molar-refractivity contribution is -0.272. The Bertz CT molecular complexity index is 1250. The number of fused-ring (bicyclic) bond motifs is 2. The number of halogens is 6. The zero-order valence-corrected chi connectivity index (χ0v) is 18.4. The van der Waals surface area contributed by atoms with Crippen LogP contribution in [0.3, 0.4) is 0 Å². The molecule has 4 rings (SSSR count). The molecule has 11 heteroatoms. The third kappa shape index (κ3) is 3.74. The van der Waals surface area contributed by atoms with E-state index in [9.17, 15) is 27.1 Å². The van der Waals surface area contributed by atoms with Gasteiger partial charge in [0.05, 0.1) is 23.7 Å². The van der Waals surface area contributed by atoms with Gasteiger partial charge in [-0.2, -0.15) is 13.2 Å². The molecule has 1 aliphatic rings. The van der Waals surface area contributed by atoms with Gasteiger partial charge in [0.15, 0.2) is 17.2 Å². The molecule has 3 unspecified atom stereocenters. The first-order valence-electron chi connectivity index (χ1n) is 9.91. The summed E-state index contributed by atoms with van der Waals surface area (Å²) < 4.78 is 76.7. The van der Waals surface area contributed by atoms with Gasteiger partial charge in [0.25, 0.3) is 0 Å². The minimum Gasteiger partial charge on any atom is -0.493 e. The van der Waals surface area contributed by atoms with Gasteiger partial charge in [-0.15, -0.1) is 0 Å². The van der Waals surface area contributed by atoms with Crippen molar-refractivity contribution < 1.29 is 31.8 Å². The maximum absolute atomic E-state index is 14.6. The predicted octanol–water partition coefficient (Wildman–Crippen LogP) is 5.83. The number of anilines is 1. The van der Waals surface area contributed by atoms with Gasteiger partial charge in [-0.25, -0.2) is 18.7 Å². The van der Waals surface area contributed by atoms with E-state index >= 15 is 0 Å². The zero-order valence-electron chi connectivity index (χ0n) is 17.7. The summed E-state index contributed by atoms with van der Waals surface area (Å²) in [7, 11) is 1.18. The number of nitrogens with zero attached hydrogens (tertiary/aromatic N) is 2. The average molecular weight is 488 g/mol. The van der Waals surface area contributed by atoms with Crippen LogP contribution in [0, 0.1) is 18.6 Å². The van der Waals surface area contributed by atoms with E-state index in [4.69, 9.17) is 16.3 Å². The highest BCUT2D eigenvalue weighted by molar-refractivity contribution is 6.31. The molecule has 33 heavy (non-hydrogen) atoms. The van der Waals surface area contributed by atoms with E-state index < -0.39 is 46.8 Å². The number of aryl methyl sites for hydroxylation is 1. The Morgan fingerprint density at radius 2 is 1.94 bits per heavy atom. The number of hydrogen-bond donors (Lipinski definition) is 2. The minimum absolute atomic E-state index is 0.0717. The van der Waals surface area contributed by atoms with Crippen LogP contribution in [0.2, 0.25) is 5.02 Å². The second kappa shape index (κ2) is 7.95. The molecule has 0 amide bonds. The molecule has 0 fully saturated rings. The van der Waals surface area contributed by atoms with E-state index in [0.29, 0.717) is 5.82 Å². The molecule has 1 heterocycles. The Balaban J connectivity index is 1.99. The number of benzene rings is 2. The number of aliphatic hydroxyl groups is 1. The maximum atomic E-state index is 14.6. The summed E-state index contributed by atoms with van der Waals surface area (Å²) in [4.78, 5) is 8.15. The number of methoxy groups -OCH3 is 1. The van der Waals surface area contributed by atoms with Gasteiger partial charge >= 0.3 is 6.18 Å². The van der Waals surface area contributed by atoms with E-state index in [-0.39, 0.29) is 33.5 Å². The largest absolute Gasteiger partial charge is 0.493 e. The number of ether oxygens (including phenoxy) is 1. The van der Waals surface area contributed by atoms with Crippen LogP contribution in [-0.4, -0.2) is 34.0 Å². The highest BCUT2D eigenvalue weighted by atomic mass is 35.5. The molecular formula is C22H19ClF5N3O2. The van der Waals surface area contributed by atoms with E-state index in [2.05, 4.69) is 15.3 Å². The number of alkyl halides is 3. The van der Waals surface area contributed by atoms with Gasteiger partial charge in [0.1, 0.15) is 11.6 Å². The van der Waals surface area contributed by atoms with Gasteiger partial charge in [-0.05, 0) is 37.0 Å². The zero-order chi connectivity index (χ0) is 24.3. The van der Waals surface area contributed by atoms with Crippen molar-refractivity contribution in [2.75, 3.05) is 12.4 Å². The Morgan fingerprint density at radius 1 is 1.24 bits per heavy atom. The molecule has 0 bridgehead atoms. The van der Waals surface area contributed by atoms with Gasteiger partial charge in [-0.3, -0.25) is 0 Å². The molecule has 1 aliphatic carbocycles. The predicted molar refractivity (Wildman–Crippen MR) is 113 cm³/mol. The summed E-state index contributed by atoms with van der Waals surface area (Å²) in [5, 5.41) is 13.4. The molecule has 0 aliphatic heterocycles. The molecule has 0 radical (unpaired) electrons. The molecule has 0 saturated carbocycles. The van der Waals surface area contributed by atoms with Crippen molar-refractivity contribution in [1.82, 2.24) is 9.97 Å². The third-order valence-electron chi connectivity index (χ3n) is 5.93. The van der Waals surface area contributed by atoms with Crippen LogP contribution in [0.5, 0.6) is 5.75 Å². The van der Waals surface area contributed by atoms with Crippen molar-refractivity contribution in [3.05, 3.63) is 58.0 Å². The summed E-state index contributed by atoms with van der Waals surface area (Å²) in [5.41, 5.74) is -3.16. The fourth-order valence-electron chi connectivity index (χ4n) is 4.47. The SMILES string of the molecule is COc1c(F)c(Cl)cc2c1C(C)CC(O)(C(F)(F)F)C2Nc1cc(F)cc2nc(C)ncc12. The molecule has 1 aromatic heterocycles. The molecular weight excluding hydrogens is 469 g/mol. The quantitative estimate of drug-likeness (QED) is 0.455. The maximum Gasteiger partial charge on any atom is 0.419 e. The van der Waals surface area contributed by atoms with Crippen LogP contribution in [0.15, 0.2) is 24.4 Å². The smallest absolute Gasteiger partial charge is 0.419 e. The number of hydrogen-bond acceptors (Lipinski definition) is 5. The Hall–Kier alpha value is -2.72. The van der Waals surface area contributed by atoms with Gasteiger partial charge in [0, 0.05) is 28.9 Å². The van der Waals surface area contributed by atoms with E-state index in [1.807, 2.05) is 0 Å². The third-order valence-corrected chi connectivity index (χ3v) is 6.20. The molecule has 0 saturated heterocycles. The molecule has 0 spiro atoms. The second-order valence-electron chi connectivity index (χ2n) is 8.12. The lowest BCUT2D eigenvalue weighted by Crippen LogP contribution is -2.55. The van der Waals surface area contributed by atoms with E-state index in [0.717, 1.165) is 18.2 Å². The van der Waals surface area contributed by atoms with Gasteiger partial charge < -0.3 is 15.2 Å². The average Bonchev–Trinajstić information content (AvgIpc) is 2.71. The highest BCUT2D eigenvalue weighted by Gasteiger charge is 2.62. The van der Waals surface area contributed by atoms with Crippen molar-refractivity contribution in [3.8, 4) is 5.75 Å². The summed E-state index contributed by atoms with van der Waals surface area (Å²) in [6.45, 7) is 3.01. The van der Waals surface area contributed by atoms with Crippen molar-refractivity contribution in [1.29, 1.82) is 0 Å². The summed E-state index contributed by atoms with van der Waals surface area (Å²) in [6.07, 6.45) is -4.53.